The van der Waals surface area contributed by atoms with Gasteiger partial charge in [0.25, 0.3) is 5.56 Å². The molecule has 0 aliphatic heterocycles. The van der Waals surface area contributed by atoms with E-state index in [2.05, 4.69) is 36.8 Å². The Morgan fingerprint density at radius 2 is 1.77 bits per heavy atom. The van der Waals surface area contributed by atoms with Crippen LogP contribution < -0.4 is 14.8 Å². The zero-order chi connectivity index (χ0) is 21.5. The first kappa shape index (κ1) is 20.4. The van der Waals surface area contributed by atoms with Gasteiger partial charge in [-0.1, -0.05) is 35.6 Å². The number of thiazole rings is 1. The largest absolute Gasteiger partial charge is 0.487 e. The van der Waals surface area contributed by atoms with Crippen LogP contribution in [0.2, 0.25) is 0 Å². The Bertz CT molecular complexity index is 1520. The van der Waals surface area contributed by atoms with E-state index < -0.39 is 0 Å². The van der Waals surface area contributed by atoms with Crippen molar-refractivity contribution in [1.82, 2.24) is 9.38 Å². The summed E-state index contributed by atoms with van der Waals surface area (Å²) < 4.78 is 22.7. The highest BCUT2D eigenvalue weighted by Crippen LogP contribution is 2.35. The topological polar surface area (TPSA) is 43.6 Å². The molecule has 0 amide bonds. The van der Waals surface area contributed by atoms with E-state index in [0.29, 0.717) is 21.8 Å². The van der Waals surface area contributed by atoms with Crippen molar-refractivity contribution >= 4 is 65.3 Å². The fourth-order valence-corrected chi connectivity index (χ4v) is 5.74. The van der Waals surface area contributed by atoms with Crippen LogP contribution in [0.1, 0.15) is 11.1 Å². The summed E-state index contributed by atoms with van der Waals surface area (Å²) in [7, 11) is 0. The third kappa shape index (κ3) is 3.91. The molecule has 0 aliphatic carbocycles. The fourth-order valence-electron chi connectivity index (χ4n) is 3.30. The van der Waals surface area contributed by atoms with Crippen LogP contribution in [-0.2, 0) is 6.61 Å². The molecular formula is C23H13Br2FN2O2S. The second-order valence-corrected chi connectivity index (χ2v) is 9.58. The molecule has 5 rings (SSSR count). The summed E-state index contributed by atoms with van der Waals surface area (Å²) in [6, 6.07) is 17.6. The highest BCUT2D eigenvalue weighted by molar-refractivity contribution is 9.11. The summed E-state index contributed by atoms with van der Waals surface area (Å²) in [6.07, 6.45) is 1.84. The van der Waals surface area contributed by atoms with Crippen molar-refractivity contribution in [2.45, 2.75) is 6.61 Å². The van der Waals surface area contributed by atoms with Crippen molar-refractivity contribution in [1.29, 1.82) is 0 Å². The number of nitrogens with zero attached hydrogens (tertiary/aromatic N) is 2. The van der Waals surface area contributed by atoms with Crippen molar-refractivity contribution in [3.05, 3.63) is 101 Å². The van der Waals surface area contributed by atoms with Gasteiger partial charge in [0.05, 0.1) is 24.5 Å². The van der Waals surface area contributed by atoms with Gasteiger partial charge in [0, 0.05) is 0 Å². The van der Waals surface area contributed by atoms with E-state index in [-0.39, 0.29) is 11.4 Å². The Morgan fingerprint density at radius 1 is 1.06 bits per heavy atom. The molecule has 0 spiro atoms. The molecule has 4 nitrogen and oxygen atoms in total. The maximum absolute atomic E-state index is 13.1. The van der Waals surface area contributed by atoms with Gasteiger partial charge in [-0.15, -0.1) is 0 Å². The van der Waals surface area contributed by atoms with Crippen LogP contribution in [0.5, 0.6) is 5.75 Å². The van der Waals surface area contributed by atoms with Crippen molar-refractivity contribution < 1.29 is 9.13 Å². The number of imidazole rings is 1. The summed E-state index contributed by atoms with van der Waals surface area (Å²) in [5.74, 6) is 0.355. The average Bonchev–Trinajstić information content (AvgIpc) is 3.25. The van der Waals surface area contributed by atoms with Gasteiger partial charge in [0.1, 0.15) is 18.2 Å². The number of hydrogen-bond donors (Lipinski definition) is 0. The number of ether oxygens (including phenoxy) is 1. The van der Waals surface area contributed by atoms with E-state index in [1.54, 1.807) is 16.5 Å². The van der Waals surface area contributed by atoms with Crippen LogP contribution in [-0.4, -0.2) is 9.38 Å². The number of hydrogen-bond acceptors (Lipinski definition) is 4. The molecule has 154 valence electrons. The van der Waals surface area contributed by atoms with Gasteiger partial charge >= 0.3 is 0 Å². The monoisotopic (exact) mass is 558 g/mol. The molecule has 0 saturated heterocycles. The van der Waals surface area contributed by atoms with Crippen molar-refractivity contribution in [2.24, 2.45) is 0 Å². The normalized spacial score (nSPS) is 12.2. The zero-order valence-electron chi connectivity index (χ0n) is 15.8. The highest BCUT2D eigenvalue weighted by Gasteiger charge is 2.12. The van der Waals surface area contributed by atoms with Crippen LogP contribution in [0.3, 0.4) is 0 Å². The van der Waals surface area contributed by atoms with E-state index in [1.165, 1.54) is 23.5 Å². The molecule has 2 heterocycles. The number of halogens is 3. The molecular weight excluding hydrogens is 547 g/mol. The lowest BCUT2D eigenvalue weighted by Crippen LogP contribution is -2.22. The van der Waals surface area contributed by atoms with E-state index >= 15 is 0 Å². The maximum atomic E-state index is 13.1. The predicted octanol–water partition coefficient (Wildman–Crippen LogP) is 5.70. The number of para-hydroxylation sites is 2. The molecule has 0 radical (unpaired) electrons. The molecule has 0 aliphatic rings. The van der Waals surface area contributed by atoms with Gasteiger partial charge in [-0.05, 0) is 85.5 Å². The second-order valence-electron chi connectivity index (χ2n) is 6.86. The van der Waals surface area contributed by atoms with Crippen molar-refractivity contribution in [3.63, 3.8) is 0 Å². The Kier molecular flexibility index (Phi) is 5.37. The van der Waals surface area contributed by atoms with Gasteiger partial charge in [-0.3, -0.25) is 4.79 Å². The third-order valence-electron chi connectivity index (χ3n) is 4.76. The summed E-state index contributed by atoms with van der Waals surface area (Å²) >= 11 is 8.46. The Labute approximate surface area is 196 Å². The predicted molar refractivity (Wildman–Crippen MR) is 128 cm³/mol. The Morgan fingerprint density at radius 3 is 2.52 bits per heavy atom. The lowest BCUT2D eigenvalue weighted by atomic mass is 10.2. The van der Waals surface area contributed by atoms with Crippen LogP contribution in [0, 0.1) is 5.82 Å². The SMILES string of the molecule is O=c1/c(=C/c2cc(Br)c(OCc3ccc(F)cc3)c(Br)c2)sc2nc3ccccc3n12. The summed E-state index contributed by atoms with van der Waals surface area (Å²) in [5.41, 5.74) is 3.24. The summed E-state index contributed by atoms with van der Waals surface area (Å²) in [6.45, 7) is 0.306. The van der Waals surface area contributed by atoms with Gasteiger partial charge in [-0.2, -0.15) is 0 Å². The fraction of sp³-hybridized carbons (Fsp3) is 0.0435. The molecule has 0 fully saturated rings. The summed E-state index contributed by atoms with van der Waals surface area (Å²) in [5, 5.41) is 0. The minimum absolute atomic E-state index is 0.0856. The molecule has 0 atom stereocenters. The minimum atomic E-state index is -0.280. The second kappa shape index (κ2) is 8.18. The van der Waals surface area contributed by atoms with Crippen molar-refractivity contribution in [3.8, 4) is 5.75 Å². The number of rotatable bonds is 4. The molecule has 0 unspecified atom stereocenters. The lowest BCUT2D eigenvalue weighted by Gasteiger charge is -2.11. The van der Waals surface area contributed by atoms with Gasteiger partial charge in [-0.25, -0.2) is 13.8 Å². The van der Waals surface area contributed by atoms with E-state index in [1.807, 2.05) is 42.5 Å². The molecule has 5 aromatic rings. The molecule has 0 saturated carbocycles. The van der Waals surface area contributed by atoms with Crippen LogP contribution in [0.25, 0.3) is 22.1 Å². The van der Waals surface area contributed by atoms with E-state index in [4.69, 9.17) is 4.74 Å². The first-order valence-electron chi connectivity index (χ1n) is 9.27. The molecule has 0 bridgehead atoms. The van der Waals surface area contributed by atoms with Crippen LogP contribution in [0.4, 0.5) is 4.39 Å². The standard InChI is InChI=1S/C23H13Br2FN2O2S/c24-16-9-14(10-17(25)21(16)30-12-13-5-7-15(26)8-6-13)11-20-22(29)28-19-4-2-1-3-18(19)27-23(28)31-20/h1-11H,12H2/b20-11-. The van der Waals surface area contributed by atoms with E-state index in [9.17, 15) is 9.18 Å². The quantitative estimate of drug-likeness (QED) is 0.284. The van der Waals surface area contributed by atoms with Gasteiger partial charge in [0.2, 0.25) is 0 Å². The first-order chi connectivity index (χ1) is 15.0. The lowest BCUT2D eigenvalue weighted by molar-refractivity contribution is 0.302. The molecule has 0 N–H and O–H groups in total. The molecule has 3 aromatic carbocycles. The molecule has 8 heteroatoms. The third-order valence-corrected chi connectivity index (χ3v) is 6.91. The Balaban J connectivity index is 1.48. The van der Waals surface area contributed by atoms with Crippen LogP contribution in [0.15, 0.2) is 74.4 Å². The summed E-state index contributed by atoms with van der Waals surface area (Å²) in [4.78, 5) is 18.2. The maximum Gasteiger partial charge on any atom is 0.274 e. The van der Waals surface area contributed by atoms with E-state index in [0.717, 1.165) is 31.1 Å². The van der Waals surface area contributed by atoms with Gasteiger partial charge < -0.3 is 4.74 Å². The van der Waals surface area contributed by atoms with Gasteiger partial charge in [0.15, 0.2) is 4.96 Å². The molecule has 2 aromatic heterocycles. The van der Waals surface area contributed by atoms with Crippen LogP contribution >= 0.6 is 43.2 Å². The first-order valence-corrected chi connectivity index (χ1v) is 11.7. The number of fused-ring (bicyclic) bond motifs is 3. The van der Waals surface area contributed by atoms with Crippen molar-refractivity contribution in [2.75, 3.05) is 0 Å². The number of aromatic nitrogens is 2. The smallest absolute Gasteiger partial charge is 0.274 e. The molecule has 31 heavy (non-hydrogen) atoms. The Hall–Kier alpha value is -2.55. The number of benzene rings is 3. The average molecular weight is 560 g/mol. The highest BCUT2D eigenvalue weighted by atomic mass is 79.9. The zero-order valence-corrected chi connectivity index (χ0v) is 19.8. The minimum Gasteiger partial charge on any atom is -0.487 e.